The molecule has 53 heavy (non-hydrogen) atoms. The number of aromatic nitrogens is 4. The third-order valence-corrected chi connectivity index (χ3v) is 12.5. The lowest BCUT2D eigenvalue weighted by atomic mass is 10.0. The van der Waals surface area contributed by atoms with Crippen molar-refractivity contribution in [3.8, 4) is 22.4 Å². The zero-order valence-corrected chi connectivity index (χ0v) is 32.2. The Labute approximate surface area is 315 Å². The van der Waals surface area contributed by atoms with Gasteiger partial charge < -0.3 is 35.5 Å². The van der Waals surface area contributed by atoms with Crippen LogP contribution in [0.25, 0.3) is 42.8 Å². The molecular formula is C38H46N8O5S2. The van der Waals surface area contributed by atoms with E-state index in [1.54, 1.807) is 27.6 Å². The quantitative estimate of drug-likeness (QED) is 0.118. The third-order valence-electron chi connectivity index (χ3n) is 10.4. The van der Waals surface area contributed by atoms with Gasteiger partial charge in [0.2, 0.25) is 23.6 Å². The van der Waals surface area contributed by atoms with Crippen molar-refractivity contribution in [2.45, 2.75) is 84.5 Å². The normalized spacial score (nSPS) is 18.8. The fourth-order valence-electron chi connectivity index (χ4n) is 7.71. The second-order valence-electron chi connectivity index (χ2n) is 14.7. The summed E-state index contributed by atoms with van der Waals surface area (Å²) in [5.41, 5.74) is 5.77. The van der Waals surface area contributed by atoms with Crippen LogP contribution in [0.3, 0.4) is 0 Å². The van der Waals surface area contributed by atoms with Crippen LogP contribution in [0.1, 0.15) is 84.0 Å². The SMILES string of the molecule is CC(=O)N[C@H](C(=O)N1CCCC1c1nc2c(-c3csc4c(-c5cnc(C6CCCN6C(=O)[C@@H](NC(=O)CO)C(C)C)[nH]5)csc34)cccc2[nH]1)C(C)C. The van der Waals surface area contributed by atoms with E-state index in [9.17, 15) is 24.3 Å². The van der Waals surface area contributed by atoms with E-state index in [0.29, 0.717) is 18.9 Å². The van der Waals surface area contributed by atoms with Crippen molar-refractivity contribution in [1.82, 2.24) is 40.4 Å². The summed E-state index contributed by atoms with van der Waals surface area (Å²) in [5, 5.41) is 19.1. The molecule has 13 nitrogen and oxygen atoms in total. The molecule has 0 radical (unpaired) electrons. The lowest BCUT2D eigenvalue weighted by Crippen LogP contribution is -2.51. The Balaban J connectivity index is 1.15. The summed E-state index contributed by atoms with van der Waals surface area (Å²) in [6, 6.07) is 4.36. The standard InChI is InChI=1S/C38H46N8O5S2/c1-19(2)30(40-21(5)48)37(50)46-14-8-12-28(46)36-41-25-10-6-9-22(32(25)44-36)23-17-52-34-24(18-53-33(23)34)26-15-39-35(42-26)27-11-7-13-45(27)38(51)31(20(3)4)43-29(49)16-47/h6,9-10,15,17-20,27-28,30-31,47H,7-8,11-14,16H2,1-5H3,(H,39,42)(H,40,48)(H,41,44)(H,43,49)/t27?,28?,30-,31-/m0/s1. The van der Waals surface area contributed by atoms with Crippen molar-refractivity contribution in [3.05, 3.63) is 46.8 Å². The molecule has 0 aliphatic carbocycles. The molecular weight excluding hydrogens is 713 g/mol. The minimum Gasteiger partial charge on any atom is -0.387 e. The summed E-state index contributed by atoms with van der Waals surface area (Å²) in [6.07, 6.45) is 5.07. The average molecular weight is 759 g/mol. The van der Waals surface area contributed by atoms with E-state index in [2.05, 4.69) is 37.4 Å². The van der Waals surface area contributed by atoms with E-state index < -0.39 is 24.6 Å². The van der Waals surface area contributed by atoms with Crippen molar-refractivity contribution in [2.75, 3.05) is 19.7 Å². The lowest BCUT2D eigenvalue weighted by molar-refractivity contribution is -0.139. The lowest BCUT2D eigenvalue weighted by Gasteiger charge is -2.30. The van der Waals surface area contributed by atoms with Crippen molar-refractivity contribution < 1.29 is 24.3 Å². The molecule has 1 aromatic carbocycles. The molecule has 0 bridgehead atoms. The molecule has 4 aromatic heterocycles. The number of rotatable bonds is 11. The Morgan fingerprint density at radius 3 is 2.08 bits per heavy atom. The number of hydrogen-bond donors (Lipinski definition) is 5. The van der Waals surface area contributed by atoms with Gasteiger partial charge in [0, 0.05) is 47.5 Å². The highest BCUT2D eigenvalue weighted by atomic mass is 32.1. The predicted molar refractivity (Wildman–Crippen MR) is 206 cm³/mol. The Morgan fingerprint density at radius 2 is 1.45 bits per heavy atom. The van der Waals surface area contributed by atoms with E-state index in [1.807, 2.05) is 50.9 Å². The number of aromatic amines is 2. The number of thiophene rings is 2. The zero-order valence-electron chi connectivity index (χ0n) is 30.6. The van der Waals surface area contributed by atoms with Gasteiger partial charge in [0.15, 0.2) is 0 Å². The summed E-state index contributed by atoms with van der Waals surface area (Å²) >= 11 is 3.33. The molecule has 4 amide bonds. The van der Waals surface area contributed by atoms with E-state index >= 15 is 0 Å². The number of imidazole rings is 2. The van der Waals surface area contributed by atoms with Gasteiger partial charge in [0.25, 0.3) is 0 Å². The van der Waals surface area contributed by atoms with Crippen LogP contribution < -0.4 is 10.6 Å². The van der Waals surface area contributed by atoms with Crippen LogP contribution in [-0.4, -0.2) is 90.3 Å². The van der Waals surface area contributed by atoms with E-state index in [4.69, 9.17) is 9.97 Å². The average Bonchev–Trinajstić information content (AvgIpc) is 3.97. The summed E-state index contributed by atoms with van der Waals surface area (Å²) in [7, 11) is 0. The van der Waals surface area contributed by atoms with Gasteiger partial charge in [0.1, 0.15) is 30.3 Å². The molecule has 7 rings (SSSR count). The topological polar surface area (TPSA) is 176 Å². The highest BCUT2D eigenvalue weighted by Crippen LogP contribution is 2.46. The molecule has 0 saturated carbocycles. The minimum absolute atomic E-state index is 0.0440. The van der Waals surface area contributed by atoms with Gasteiger partial charge in [-0.3, -0.25) is 19.2 Å². The number of likely N-dealkylation sites (tertiary alicyclic amines) is 2. The number of benzene rings is 1. The monoisotopic (exact) mass is 758 g/mol. The number of hydrogen-bond acceptors (Lipinski definition) is 9. The first kappa shape index (κ1) is 36.7. The number of nitrogens with one attached hydrogen (secondary N) is 4. The maximum Gasteiger partial charge on any atom is 0.246 e. The maximum atomic E-state index is 13.7. The van der Waals surface area contributed by atoms with Gasteiger partial charge in [-0.2, -0.15) is 0 Å². The molecule has 2 fully saturated rings. The number of fused-ring (bicyclic) bond motifs is 2. The molecule has 2 unspecified atom stereocenters. The first-order valence-corrected chi connectivity index (χ1v) is 20.0. The molecule has 15 heteroatoms. The van der Waals surface area contributed by atoms with Crippen LogP contribution in [0.4, 0.5) is 0 Å². The number of aliphatic hydroxyl groups excluding tert-OH is 1. The van der Waals surface area contributed by atoms with Crippen molar-refractivity contribution in [2.24, 2.45) is 11.8 Å². The number of H-pyrrole nitrogens is 2. The van der Waals surface area contributed by atoms with Gasteiger partial charge in [-0.1, -0.05) is 39.8 Å². The number of para-hydroxylation sites is 1. The van der Waals surface area contributed by atoms with Crippen LogP contribution in [0.15, 0.2) is 35.2 Å². The molecule has 280 valence electrons. The maximum absolute atomic E-state index is 13.7. The Bertz CT molecular complexity index is 2160. The largest absolute Gasteiger partial charge is 0.387 e. The Kier molecular flexibility index (Phi) is 10.4. The van der Waals surface area contributed by atoms with Gasteiger partial charge in [-0.15, -0.1) is 22.7 Å². The fourth-order valence-corrected chi connectivity index (χ4v) is 10.1. The van der Waals surface area contributed by atoms with Gasteiger partial charge in [0.05, 0.1) is 44.4 Å². The van der Waals surface area contributed by atoms with E-state index in [0.717, 1.165) is 74.3 Å². The summed E-state index contributed by atoms with van der Waals surface area (Å²) < 4.78 is 2.27. The smallest absolute Gasteiger partial charge is 0.246 e. The van der Waals surface area contributed by atoms with Crippen LogP contribution in [0.5, 0.6) is 0 Å². The molecule has 0 spiro atoms. The van der Waals surface area contributed by atoms with Gasteiger partial charge in [-0.05, 0) is 43.6 Å². The molecule has 5 aromatic rings. The van der Waals surface area contributed by atoms with Crippen LogP contribution in [0.2, 0.25) is 0 Å². The second kappa shape index (κ2) is 15.0. The number of carbonyl (C=O) groups excluding carboxylic acids is 4. The molecule has 6 heterocycles. The van der Waals surface area contributed by atoms with Crippen molar-refractivity contribution >= 4 is 66.7 Å². The van der Waals surface area contributed by atoms with Crippen molar-refractivity contribution in [1.29, 1.82) is 0 Å². The summed E-state index contributed by atoms with van der Waals surface area (Å²) in [5.74, 6) is 0.240. The number of aliphatic hydroxyl groups is 1. The Morgan fingerprint density at radius 1 is 0.849 bits per heavy atom. The number of carbonyl (C=O) groups is 4. The number of nitrogens with zero attached hydrogens (tertiary/aromatic N) is 4. The van der Waals surface area contributed by atoms with Gasteiger partial charge >= 0.3 is 0 Å². The highest BCUT2D eigenvalue weighted by Gasteiger charge is 2.39. The molecule has 4 atom stereocenters. The van der Waals surface area contributed by atoms with Crippen LogP contribution in [-0.2, 0) is 19.2 Å². The first-order valence-electron chi connectivity index (χ1n) is 18.3. The molecule has 2 saturated heterocycles. The fraction of sp³-hybridized carbons (Fsp3) is 0.474. The Hall–Kier alpha value is -4.60. The third kappa shape index (κ3) is 6.97. The zero-order chi connectivity index (χ0) is 37.6. The van der Waals surface area contributed by atoms with Crippen LogP contribution in [0, 0.1) is 11.8 Å². The predicted octanol–water partition coefficient (Wildman–Crippen LogP) is 5.52. The van der Waals surface area contributed by atoms with Crippen LogP contribution >= 0.6 is 22.7 Å². The van der Waals surface area contributed by atoms with Gasteiger partial charge in [-0.25, -0.2) is 9.97 Å². The summed E-state index contributed by atoms with van der Waals surface area (Å²) in [6.45, 7) is 9.61. The second-order valence-corrected chi connectivity index (χ2v) is 16.5. The van der Waals surface area contributed by atoms with E-state index in [-0.39, 0.29) is 41.6 Å². The number of amides is 4. The molecule has 5 N–H and O–H groups in total. The highest BCUT2D eigenvalue weighted by molar-refractivity contribution is 7.27. The minimum atomic E-state index is -0.729. The summed E-state index contributed by atoms with van der Waals surface area (Å²) in [4.78, 5) is 71.7. The first-order chi connectivity index (χ1) is 25.5. The molecule has 2 aliphatic heterocycles. The van der Waals surface area contributed by atoms with Crippen molar-refractivity contribution in [3.63, 3.8) is 0 Å². The van der Waals surface area contributed by atoms with E-state index in [1.165, 1.54) is 6.92 Å². The molecule has 2 aliphatic rings.